The van der Waals surface area contributed by atoms with Crippen molar-refractivity contribution in [3.8, 4) is 0 Å². The summed E-state index contributed by atoms with van der Waals surface area (Å²) in [7, 11) is -3.05. The first-order chi connectivity index (χ1) is 5.51. The first-order valence-electron chi connectivity index (χ1n) is 3.29. The number of H-pyrrole nitrogens is 1. The molecular weight excluding hydrogens is 180 g/mol. The lowest BCUT2D eigenvalue weighted by atomic mass is 10.6. The zero-order chi connectivity index (χ0) is 9.19. The van der Waals surface area contributed by atoms with Crippen molar-refractivity contribution in [1.29, 1.82) is 0 Å². The third-order valence-electron chi connectivity index (χ3n) is 1.16. The normalized spacial score (nSPS) is 11.8. The fourth-order valence-corrected chi connectivity index (χ4v) is 1.36. The molecule has 1 heterocycles. The summed E-state index contributed by atoms with van der Waals surface area (Å²) in [6.45, 7) is 0.209. The summed E-state index contributed by atoms with van der Waals surface area (Å²) in [5.41, 5.74) is 5.23. The van der Waals surface area contributed by atoms with Gasteiger partial charge in [-0.3, -0.25) is 5.10 Å². The summed E-state index contributed by atoms with van der Waals surface area (Å²) in [4.78, 5) is 3.84. The molecule has 0 aliphatic rings. The first kappa shape index (κ1) is 9.14. The highest BCUT2D eigenvalue weighted by atomic mass is 32.2. The molecule has 1 rings (SSSR count). The number of hydrogen-bond acceptors (Lipinski definition) is 5. The summed E-state index contributed by atoms with van der Waals surface area (Å²) >= 11 is 0. The number of hydrogen-bond donors (Lipinski definition) is 2. The Kier molecular flexibility index (Phi) is 2.43. The third kappa shape index (κ3) is 2.59. The number of aromatic nitrogens is 3. The van der Waals surface area contributed by atoms with Gasteiger partial charge in [-0.15, -0.1) is 0 Å². The van der Waals surface area contributed by atoms with E-state index in [1.807, 2.05) is 0 Å². The predicted molar refractivity (Wildman–Crippen MR) is 42.8 cm³/mol. The molecule has 0 aromatic carbocycles. The van der Waals surface area contributed by atoms with Gasteiger partial charge in [0.05, 0.1) is 6.54 Å². The van der Waals surface area contributed by atoms with Crippen molar-refractivity contribution in [3.05, 3.63) is 11.6 Å². The quantitative estimate of drug-likeness (QED) is 0.624. The standard InChI is InChI=1S/C5H10N4O2S/c1-12(10,11)3-5-7-4(2-6)8-9-5/h2-3,6H2,1H3,(H,7,8,9). The Morgan fingerprint density at radius 1 is 1.58 bits per heavy atom. The second kappa shape index (κ2) is 3.20. The maximum Gasteiger partial charge on any atom is 0.164 e. The number of nitrogens with zero attached hydrogens (tertiary/aromatic N) is 2. The van der Waals surface area contributed by atoms with Crippen LogP contribution < -0.4 is 5.73 Å². The summed E-state index contributed by atoms with van der Waals surface area (Å²) in [5, 5.41) is 6.19. The van der Waals surface area contributed by atoms with E-state index < -0.39 is 9.84 Å². The van der Waals surface area contributed by atoms with Crippen LogP contribution in [0.1, 0.15) is 11.6 Å². The maximum absolute atomic E-state index is 10.8. The fraction of sp³-hybridized carbons (Fsp3) is 0.600. The van der Waals surface area contributed by atoms with Gasteiger partial charge in [-0.1, -0.05) is 0 Å². The van der Waals surface area contributed by atoms with Crippen molar-refractivity contribution >= 4 is 9.84 Å². The molecule has 3 N–H and O–H groups in total. The molecular formula is C5H10N4O2S. The van der Waals surface area contributed by atoms with Crippen LogP contribution in [-0.2, 0) is 22.1 Å². The van der Waals surface area contributed by atoms with E-state index in [4.69, 9.17) is 5.73 Å². The lowest BCUT2D eigenvalue weighted by Gasteiger charge is -1.90. The Balaban J connectivity index is 2.78. The molecule has 0 aliphatic carbocycles. The van der Waals surface area contributed by atoms with Gasteiger partial charge in [0.1, 0.15) is 11.6 Å². The molecule has 0 unspecified atom stereocenters. The third-order valence-corrected chi connectivity index (χ3v) is 1.96. The van der Waals surface area contributed by atoms with Crippen LogP contribution in [-0.4, -0.2) is 29.9 Å². The Morgan fingerprint density at radius 3 is 2.67 bits per heavy atom. The largest absolute Gasteiger partial charge is 0.324 e. The Hall–Kier alpha value is -0.950. The molecule has 6 nitrogen and oxygen atoms in total. The smallest absolute Gasteiger partial charge is 0.164 e. The molecule has 0 saturated carbocycles. The molecule has 0 bridgehead atoms. The van der Waals surface area contributed by atoms with E-state index in [1.54, 1.807) is 0 Å². The summed E-state index contributed by atoms with van der Waals surface area (Å²) < 4.78 is 21.6. The molecule has 0 amide bonds. The second-order valence-corrected chi connectivity index (χ2v) is 4.61. The molecule has 7 heteroatoms. The molecule has 1 aromatic rings. The summed E-state index contributed by atoms with van der Waals surface area (Å²) in [6, 6.07) is 0. The van der Waals surface area contributed by atoms with E-state index in [9.17, 15) is 8.42 Å². The SMILES string of the molecule is CS(=O)(=O)Cc1nc(CN)n[nH]1. The number of sulfone groups is 1. The van der Waals surface area contributed by atoms with Gasteiger partial charge >= 0.3 is 0 Å². The minimum atomic E-state index is -3.05. The van der Waals surface area contributed by atoms with E-state index >= 15 is 0 Å². The van der Waals surface area contributed by atoms with Gasteiger partial charge in [0, 0.05) is 6.26 Å². The lowest BCUT2D eigenvalue weighted by molar-refractivity contribution is 0.599. The van der Waals surface area contributed by atoms with Gasteiger partial charge in [0.2, 0.25) is 0 Å². The van der Waals surface area contributed by atoms with Crippen LogP contribution in [0.2, 0.25) is 0 Å². The van der Waals surface area contributed by atoms with Crippen molar-refractivity contribution in [3.63, 3.8) is 0 Å². The van der Waals surface area contributed by atoms with Gasteiger partial charge in [-0.05, 0) is 0 Å². The molecule has 1 aromatic heterocycles. The predicted octanol–water partition coefficient (Wildman–Crippen LogP) is -1.19. The van der Waals surface area contributed by atoms with E-state index in [-0.39, 0.29) is 12.3 Å². The van der Waals surface area contributed by atoms with Crippen LogP contribution in [0, 0.1) is 0 Å². The van der Waals surface area contributed by atoms with E-state index in [0.29, 0.717) is 11.6 Å². The maximum atomic E-state index is 10.8. The van der Waals surface area contributed by atoms with Crippen molar-refractivity contribution in [1.82, 2.24) is 15.2 Å². The highest BCUT2D eigenvalue weighted by Gasteiger charge is 2.08. The number of nitrogens with one attached hydrogen (secondary N) is 1. The topological polar surface area (TPSA) is 102 Å². The van der Waals surface area contributed by atoms with Crippen LogP contribution in [0.3, 0.4) is 0 Å². The number of rotatable bonds is 3. The van der Waals surface area contributed by atoms with Crippen LogP contribution in [0.25, 0.3) is 0 Å². The van der Waals surface area contributed by atoms with Crippen LogP contribution in [0.4, 0.5) is 0 Å². The van der Waals surface area contributed by atoms with E-state index in [0.717, 1.165) is 6.26 Å². The molecule has 68 valence electrons. The number of nitrogens with two attached hydrogens (primary N) is 1. The fourth-order valence-electron chi connectivity index (χ4n) is 0.739. The average Bonchev–Trinajstić information content (AvgIpc) is 2.32. The van der Waals surface area contributed by atoms with Crippen molar-refractivity contribution < 1.29 is 8.42 Å². The van der Waals surface area contributed by atoms with Gasteiger partial charge in [-0.2, -0.15) is 5.10 Å². The molecule has 0 atom stereocenters. The van der Waals surface area contributed by atoms with Crippen molar-refractivity contribution in [2.24, 2.45) is 5.73 Å². The minimum absolute atomic E-state index is 0.125. The summed E-state index contributed by atoms with van der Waals surface area (Å²) in [6.07, 6.45) is 1.14. The molecule has 0 aliphatic heterocycles. The van der Waals surface area contributed by atoms with Crippen molar-refractivity contribution in [2.45, 2.75) is 12.3 Å². The van der Waals surface area contributed by atoms with Crippen molar-refractivity contribution in [2.75, 3.05) is 6.26 Å². The molecule has 12 heavy (non-hydrogen) atoms. The average molecular weight is 190 g/mol. The molecule has 0 spiro atoms. The molecule has 0 radical (unpaired) electrons. The van der Waals surface area contributed by atoms with Gasteiger partial charge in [-0.25, -0.2) is 13.4 Å². The molecule has 0 saturated heterocycles. The summed E-state index contributed by atoms with van der Waals surface area (Å²) in [5.74, 6) is 0.631. The zero-order valence-electron chi connectivity index (χ0n) is 6.61. The van der Waals surface area contributed by atoms with Gasteiger partial charge in [0.25, 0.3) is 0 Å². The Bertz CT molecular complexity index is 355. The zero-order valence-corrected chi connectivity index (χ0v) is 7.43. The van der Waals surface area contributed by atoms with E-state index in [1.165, 1.54) is 0 Å². The lowest BCUT2D eigenvalue weighted by Crippen LogP contribution is -2.03. The minimum Gasteiger partial charge on any atom is -0.324 e. The Morgan fingerprint density at radius 2 is 2.25 bits per heavy atom. The second-order valence-electron chi connectivity index (χ2n) is 2.47. The molecule has 0 fully saturated rings. The van der Waals surface area contributed by atoms with Crippen LogP contribution in [0.15, 0.2) is 0 Å². The highest BCUT2D eigenvalue weighted by molar-refractivity contribution is 7.89. The number of aromatic amines is 1. The van der Waals surface area contributed by atoms with Crippen LogP contribution >= 0.6 is 0 Å². The van der Waals surface area contributed by atoms with Crippen LogP contribution in [0.5, 0.6) is 0 Å². The van der Waals surface area contributed by atoms with Gasteiger partial charge in [0.15, 0.2) is 15.7 Å². The monoisotopic (exact) mass is 190 g/mol. The first-order valence-corrected chi connectivity index (χ1v) is 5.35. The highest BCUT2D eigenvalue weighted by Crippen LogP contribution is 1.97. The Labute approximate surface area is 70.1 Å². The van der Waals surface area contributed by atoms with E-state index in [2.05, 4.69) is 15.2 Å². The van der Waals surface area contributed by atoms with Gasteiger partial charge < -0.3 is 5.73 Å².